The molecule has 28 heavy (non-hydrogen) atoms. The van der Waals surface area contributed by atoms with E-state index in [1.807, 2.05) is 12.1 Å². The molecule has 0 aliphatic heterocycles. The molecule has 0 aliphatic carbocycles. The Morgan fingerprint density at radius 1 is 1.36 bits per heavy atom. The molecule has 0 atom stereocenters. The number of aromatic nitrogens is 3. The fraction of sp³-hybridized carbons (Fsp3) is 0.167. The van der Waals surface area contributed by atoms with E-state index in [2.05, 4.69) is 15.3 Å². The van der Waals surface area contributed by atoms with Crippen LogP contribution in [0.25, 0.3) is 0 Å². The second-order valence-electron chi connectivity index (χ2n) is 5.75. The van der Waals surface area contributed by atoms with Crippen molar-refractivity contribution >= 4 is 24.1 Å². The van der Waals surface area contributed by atoms with Gasteiger partial charge < -0.3 is 9.47 Å². The zero-order valence-corrected chi connectivity index (χ0v) is 16.0. The maximum absolute atomic E-state index is 10.9. The molecule has 0 unspecified atom stereocenters. The van der Waals surface area contributed by atoms with Crippen molar-refractivity contribution in [3.63, 3.8) is 0 Å². The molecule has 9 nitrogen and oxygen atoms in total. The highest BCUT2D eigenvalue weighted by atomic mass is 32.1. The van der Waals surface area contributed by atoms with Gasteiger partial charge in [0.1, 0.15) is 23.9 Å². The molecule has 0 bridgehead atoms. The molecule has 0 radical (unpaired) electrons. The number of rotatable bonds is 7. The SMILES string of the molecule is COc1ccc(/C=N\n2c(C)n[nH]c2=S)cc1COc1cccc([N+](=O)[O-])c1. The molecule has 0 saturated heterocycles. The van der Waals surface area contributed by atoms with Crippen LogP contribution in [0.4, 0.5) is 5.69 Å². The minimum absolute atomic E-state index is 0.0300. The monoisotopic (exact) mass is 399 g/mol. The number of aryl methyl sites for hydroxylation is 1. The van der Waals surface area contributed by atoms with Crippen molar-refractivity contribution in [2.24, 2.45) is 5.10 Å². The zero-order chi connectivity index (χ0) is 20.1. The van der Waals surface area contributed by atoms with E-state index in [0.717, 1.165) is 11.1 Å². The topological polar surface area (TPSA) is 108 Å². The number of aromatic amines is 1. The Hall–Kier alpha value is -3.53. The van der Waals surface area contributed by atoms with Crippen molar-refractivity contribution in [1.29, 1.82) is 0 Å². The summed E-state index contributed by atoms with van der Waals surface area (Å²) >= 11 is 5.12. The summed E-state index contributed by atoms with van der Waals surface area (Å²) in [5.41, 5.74) is 1.55. The van der Waals surface area contributed by atoms with Gasteiger partial charge in [0.25, 0.3) is 5.69 Å². The van der Waals surface area contributed by atoms with Crippen LogP contribution in [0, 0.1) is 21.8 Å². The number of ether oxygens (including phenoxy) is 2. The van der Waals surface area contributed by atoms with Crippen LogP contribution in [0.5, 0.6) is 11.5 Å². The van der Waals surface area contributed by atoms with Crippen molar-refractivity contribution in [3.05, 3.63) is 74.3 Å². The van der Waals surface area contributed by atoms with Crippen molar-refractivity contribution in [3.8, 4) is 11.5 Å². The molecule has 2 aromatic carbocycles. The normalized spacial score (nSPS) is 10.9. The second-order valence-corrected chi connectivity index (χ2v) is 6.13. The van der Waals surface area contributed by atoms with E-state index < -0.39 is 4.92 Å². The third-order valence-electron chi connectivity index (χ3n) is 3.86. The predicted octanol–water partition coefficient (Wildman–Crippen LogP) is 3.63. The molecule has 144 valence electrons. The van der Waals surface area contributed by atoms with Crippen LogP contribution >= 0.6 is 12.2 Å². The van der Waals surface area contributed by atoms with Gasteiger partial charge in [0.05, 0.1) is 24.3 Å². The second kappa shape index (κ2) is 8.44. The predicted molar refractivity (Wildman–Crippen MR) is 106 cm³/mol. The van der Waals surface area contributed by atoms with Gasteiger partial charge in [-0.15, -0.1) is 0 Å². The number of non-ortho nitro benzene ring substituents is 1. The third kappa shape index (κ3) is 4.41. The number of nitrogens with zero attached hydrogens (tertiary/aromatic N) is 4. The minimum Gasteiger partial charge on any atom is -0.496 e. The van der Waals surface area contributed by atoms with Gasteiger partial charge in [-0.3, -0.25) is 15.2 Å². The first kappa shape index (κ1) is 19.2. The van der Waals surface area contributed by atoms with Gasteiger partial charge in [-0.05, 0) is 49.0 Å². The Bertz CT molecular complexity index is 1090. The lowest BCUT2D eigenvalue weighted by Gasteiger charge is -2.11. The van der Waals surface area contributed by atoms with Gasteiger partial charge in [-0.1, -0.05) is 6.07 Å². The summed E-state index contributed by atoms with van der Waals surface area (Å²) in [5.74, 6) is 1.68. The van der Waals surface area contributed by atoms with Crippen LogP contribution in [0.15, 0.2) is 47.6 Å². The molecule has 0 saturated carbocycles. The van der Waals surface area contributed by atoms with Gasteiger partial charge in [0, 0.05) is 11.6 Å². The first-order valence-corrected chi connectivity index (χ1v) is 8.61. The molecule has 1 heterocycles. The maximum atomic E-state index is 10.9. The summed E-state index contributed by atoms with van der Waals surface area (Å²) in [7, 11) is 1.56. The van der Waals surface area contributed by atoms with Crippen molar-refractivity contribution in [1.82, 2.24) is 14.9 Å². The molecule has 1 N–H and O–H groups in total. The quantitative estimate of drug-likeness (QED) is 0.281. The number of methoxy groups -OCH3 is 1. The molecule has 0 amide bonds. The molecule has 0 aliphatic rings. The molecule has 10 heteroatoms. The number of nitro groups is 1. The molecule has 1 aromatic heterocycles. The van der Waals surface area contributed by atoms with E-state index in [0.29, 0.717) is 22.1 Å². The Labute approximate surface area is 165 Å². The van der Waals surface area contributed by atoms with E-state index in [9.17, 15) is 10.1 Å². The largest absolute Gasteiger partial charge is 0.496 e. The van der Waals surface area contributed by atoms with E-state index >= 15 is 0 Å². The molecule has 0 fully saturated rings. The summed E-state index contributed by atoms with van der Waals surface area (Å²) in [6, 6.07) is 11.5. The van der Waals surface area contributed by atoms with E-state index in [1.54, 1.807) is 38.4 Å². The summed E-state index contributed by atoms with van der Waals surface area (Å²) < 4.78 is 13.0. The van der Waals surface area contributed by atoms with Crippen LogP contribution in [-0.2, 0) is 6.61 Å². The van der Waals surface area contributed by atoms with E-state index in [-0.39, 0.29) is 12.3 Å². The van der Waals surface area contributed by atoms with Gasteiger partial charge in [0.2, 0.25) is 4.77 Å². The summed E-state index contributed by atoms with van der Waals surface area (Å²) in [4.78, 5) is 10.4. The van der Waals surface area contributed by atoms with Crippen LogP contribution in [-0.4, -0.2) is 33.1 Å². The molecule has 3 rings (SSSR count). The Morgan fingerprint density at radius 3 is 2.86 bits per heavy atom. The fourth-order valence-electron chi connectivity index (χ4n) is 2.47. The van der Waals surface area contributed by atoms with E-state index in [1.165, 1.54) is 16.8 Å². The Balaban J connectivity index is 1.80. The van der Waals surface area contributed by atoms with Gasteiger partial charge in [-0.2, -0.15) is 14.9 Å². The Morgan fingerprint density at radius 2 is 2.18 bits per heavy atom. The fourth-order valence-corrected chi connectivity index (χ4v) is 2.70. The molecular formula is C18H17N5O4S. The summed E-state index contributed by atoms with van der Waals surface area (Å²) in [6.07, 6.45) is 1.65. The average molecular weight is 399 g/mol. The first-order valence-electron chi connectivity index (χ1n) is 8.20. The highest BCUT2D eigenvalue weighted by Gasteiger charge is 2.09. The number of hydrogen-bond donors (Lipinski definition) is 1. The zero-order valence-electron chi connectivity index (χ0n) is 15.2. The lowest BCUT2D eigenvalue weighted by Crippen LogP contribution is -2.01. The van der Waals surface area contributed by atoms with Crippen molar-refractivity contribution < 1.29 is 14.4 Å². The lowest BCUT2D eigenvalue weighted by molar-refractivity contribution is -0.384. The van der Waals surface area contributed by atoms with Crippen LogP contribution in [0.3, 0.4) is 0 Å². The van der Waals surface area contributed by atoms with Crippen LogP contribution < -0.4 is 9.47 Å². The van der Waals surface area contributed by atoms with Crippen molar-refractivity contribution in [2.75, 3.05) is 7.11 Å². The number of benzene rings is 2. The number of nitrogens with one attached hydrogen (secondary N) is 1. The number of nitro benzene ring substituents is 1. The lowest BCUT2D eigenvalue weighted by atomic mass is 10.1. The van der Waals surface area contributed by atoms with Crippen molar-refractivity contribution in [2.45, 2.75) is 13.5 Å². The maximum Gasteiger partial charge on any atom is 0.273 e. The van der Waals surface area contributed by atoms with Crippen LogP contribution in [0.2, 0.25) is 0 Å². The van der Waals surface area contributed by atoms with E-state index in [4.69, 9.17) is 21.7 Å². The summed E-state index contributed by atoms with van der Waals surface area (Å²) in [5, 5.41) is 21.9. The average Bonchev–Trinajstić information content (AvgIpc) is 3.02. The highest BCUT2D eigenvalue weighted by Crippen LogP contribution is 2.24. The molecule has 3 aromatic rings. The first-order chi connectivity index (χ1) is 13.5. The third-order valence-corrected chi connectivity index (χ3v) is 4.13. The van der Waals surface area contributed by atoms with Gasteiger partial charge in [-0.25, -0.2) is 0 Å². The number of hydrogen-bond acceptors (Lipinski definition) is 7. The highest BCUT2D eigenvalue weighted by molar-refractivity contribution is 7.71. The Kier molecular flexibility index (Phi) is 5.80. The minimum atomic E-state index is -0.465. The summed E-state index contributed by atoms with van der Waals surface area (Å²) in [6.45, 7) is 1.96. The molecular weight excluding hydrogens is 382 g/mol. The standard InChI is InChI=1S/C18H17N5O4S/c1-12-20-21-18(28)22(12)19-10-13-6-7-17(26-2)14(8-13)11-27-16-5-3-4-15(9-16)23(24)25/h3-10H,11H2,1-2H3,(H,21,28)/b19-10-. The van der Waals surface area contributed by atoms with Gasteiger partial charge >= 0.3 is 0 Å². The number of H-pyrrole nitrogens is 1. The van der Waals surface area contributed by atoms with Crippen LogP contribution in [0.1, 0.15) is 17.0 Å². The molecule has 0 spiro atoms. The van der Waals surface area contributed by atoms with Gasteiger partial charge in [0.15, 0.2) is 0 Å². The smallest absolute Gasteiger partial charge is 0.273 e.